The summed E-state index contributed by atoms with van der Waals surface area (Å²) in [7, 11) is -1.90. The Labute approximate surface area is 111 Å². The number of hydrogen-bond acceptors (Lipinski definition) is 3. The number of benzene rings is 1. The minimum Gasteiger partial charge on any atom is -0.318 e. The van der Waals surface area contributed by atoms with Crippen molar-refractivity contribution in [1.82, 2.24) is 9.29 Å². The molecular weight excluding hydrogens is 264 g/mol. The molecule has 1 aromatic carbocycles. The fourth-order valence-corrected chi connectivity index (χ4v) is 2.66. The van der Waals surface area contributed by atoms with Crippen molar-refractivity contribution in [2.45, 2.75) is 11.4 Å². The Hall–Kier alpha value is -1.92. The van der Waals surface area contributed by atoms with Crippen LogP contribution in [-0.4, -0.2) is 13.0 Å². The van der Waals surface area contributed by atoms with Crippen LogP contribution in [0.5, 0.6) is 0 Å². The normalized spacial score (nSPS) is 11.4. The van der Waals surface area contributed by atoms with E-state index in [0.29, 0.717) is 0 Å². The lowest BCUT2D eigenvalue weighted by molar-refractivity contribution is 0.581. The third kappa shape index (κ3) is 3.30. The molecule has 0 radical (unpaired) electrons. The highest BCUT2D eigenvalue weighted by molar-refractivity contribution is 7.89. The molecule has 0 aliphatic rings. The zero-order valence-electron chi connectivity index (χ0n) is 10.4. The summed E-state index contributed by atoms with van der Waals surface area (Å²) in [6.45, 7) is 0.144. The summed E-state index contributed by atoms with van der Waals surface area (Å²) >= 11 is 0. The Balaban J connectivity index is 2.14. The molecule has 6 heteroatoms. The Bertz CT molecular complexity index is 721. The average molecular weight is 278 g/mol. The molecule has 19 heavy (non-hydrogen) atoms. The first-order valence-corrected chi connectivity index (χ1v) is 7.18. The first-order chi connectivity index (χ1) is 8.99. The van der Waals surface area contributed by atoms with Gasteiger partial charge >= 0.3 is 0 Å². The van der Waals surface area contributed by atoms with Crippen LogP contribution in [0.1, 0.15) is 5.56 Å². The van der Waals surface area contributed by atoms with Crippen molar-refractivity contribution < 1.29 is 8.42 Å². The summed E-state index contributed by atoms with van der Waals surface area (Å²) < 4.78 is 27.9. The Kier molecular flexibility index (Phi) is 3.82. The van der Waals surface area contributed by atoms with E-state index in [1.807, 2.05) is 0 Å². The average Bonchev–Trinajstić information content (AvgIpc) is 2.41. The van der Waals surface area contributed by atoms with Gasteiger partial charge in [0.2, 0.25) is 15.6 Å². The summed E-state index contributed by atoms with van der Waals surface area (Å²) in [5.74, 6) is 0. The van der Waals surface area contributed by atoms with Gasteiger partial charge in [-0.05, 0) is 17.7 Å². The molecule has 0 atom stereocenters. The predicted octanol–water partition coefficient (Wildman–Crippen LogP) is 0.864. The molecule has 0 saturated carbocycles. The van der Waals surface area contributed by atoms with Gasteiger partial charge in [-0.25, -0.2) is 13.1 Å². The predicted molar refractivity (Wildman–Crippen MR) is 72.2 cm³/mol. The fraction of sp³-hybridized carbons (Fsp3) is 0.154. The maximum atomic E-state index is 12.0. The van der Waals surface area contributed by atoms with Crippen molar-refractivity contribution in [2.75, 3.05) is 0 Å². The lowest BCUT2D eigenvalue weighted by Crippen LogP contribution is -2.24. The zero-order valence-corrected chi connectivity index (χ0v) is 11.2. The first kappa shape index (κ1) is 13.5. The molecule has 0 aliphatic carbocycles. The van der Waals surface area contributed by atoms with Gasteiger partial charge in [0.05, 0.1) is 4.90 Å². The largest absolute Gasteiger partial charge is 0.318 e. The number of nitrogens with one attached hydrogen (secondary N) is 1. The van der Waals surface area contributed by atoms with E-state index >= 15 is 0 Å². The van der Waals surface area contributed by atoms with Crippen LogP contribution in [0.4, 0.5) is 0 Å². The molecule has 0 aliphatic heterocycles. The molecule has 0 amide bonds. The molecular formula is C13H14N2O3S. The molecule has 1 aromatic heterocycles. The van der Waals surface area contributed by atoms with Crippen molar-refractivity contribution in [1.29, 1.82) is 0 Å². The third-order valence-corrected chi connectivity index (χ3v) is 4.08. The van der Waals surface area contributed by atoms with Gasteiger partial charge in [0.1, 0.15) is 0 Å². The van der Waals surface area contributed by atoms with Gasteiger partial charge in [-0.1, -0.05) is 24.3 Å². The van der Waals surface area contributed by atoms with Crippen LogP contribution < -0.4 is 10.3 Å². The van der Waals surface area contributed by atoms with E-state index in [0.717, 1.165) is 5.56 Å². The molecule has 5 nitrogen and oxygen atoms in total. The minimum atomic E-state index is -3.52. The van der Waals surface area contributed by atoms with Crippen molar-refractivity contribution >= 4 is 10.0 Å². The zero-order chi connectivity index (χ0) is 13.9. The smallest absolute Gasteiger partial charge is 0.250 e. The maximum absolute atomic E-state index is 12.0. The molecule has 0 bridgehead atoms. The van der Waals surface area contributed by atoms with Crippen LogP contribution >= 0.6 is 0 Å². The van der Waals surface area contributed by atoms with Crippen LogP contribution in [0, 0.1) is 0 Å². The van der Waals surface area contributed by atoms with E-state index < -0.39 is 10.0 Å². The van der Waals surface area contributed by atoms with Crippen molar-refractivity contribution in [3.05, 3.63) is 64.6 Å². The minimum absolute atomic E-state index is 0.130. The Morgan fingerprint density at radius 1 is 1.11 bits per heavy atom. The highest BCUT2D eigenvalue weighted by Gasteiger charge is 2.12. The fourth-order valence-electron chi connectivity index (χ4n) is 1.62. The topological polar surface area (TPSA) is 68.2 Å². The second kappa shape index (κ2) is 5.38. The number of rotatable bonds is 4. The molecule has 1 heterocycles. The lowest BCUT2D eigenvalue weighted by Gasteiger charge is -2.07. The Morgan fingerprint density at radius 3 is 2.42 bits per heavy atom. The van der Waals surface area contributed by atoms with Gasteiger partial charge in [-0.15, -0.1) is 0 Å². The second-order valence-corrected chi connectivity index (χ2v) is 5.89. The van der Waals surface area contributed by atoms with Gasteiger partial charge in [-0.3, -0.25) is 4.79 Å². The van der Waals surface area contributed by atoms with Gasteiger partial charge in [-0.2, -0.15) is 0 Å². The number of aromatic nitrogens is 1. The van der Waals surface area contributed by atoms with E-state index in [1.54, 1.807) is 37.5 Å². The van der Waals surface area contributed by atoms with Gasteiger partial charge < -0.3 is 4.57 Å². The highest BCUT2D eigenvalue weighted by Crippen LogP contribution is 2.08. The quantitative estimate of drug-likeness (QED) is 0.902. The SMILES string of the molecule is Cn1cc(CNS(=O)(=O)c2ccccc2)ccc1=O. The van der Waals surface area contributed by atoms with E-state index in [1.165, 1.54) is 22.8 Å². The number of sulfonamides is 1. The highest BCUT2D eigenvalue weighted by atomic mass is 32.2. The van der Waals surface area contributed by atoms with Crippen molar-refractivity contribution in [2.24, 2.45) is 7.05 Å². The van der Waals surface area contributed by atoms with Crippen molar-refractivity contribution in [3.63, 3.8) is 0 Å². The number of nitrogens with zero attached hydrogens (tertiary/aromatic N) is 1. The molecule has 100 valence electrons. The van der Waals surface area contributed by atoms with Gasteiger partial charge in [0, 0.05) is 25.9 Å². The number of aryl methyl sites for hydroxylation is 1. The van der Waals surface area contributed by atoms with Crippen LogP contribution in [0.25, 0.3) is 0 Å². The van der Waals surface area contributed by atoms with E-state index in [-0.39, 0.29) is 17.0 Å². The second-order valence-electron chi connectivity index (χ2n) is 4.12. The summed E-state index contributed by atoms with van der Waals surface area (Å²) in [4.78, 5) is 11.4. The molecule has 2 aromatic rings. The van der Waals surface area contributed by atoms with Crippen LogP contribution in [-0.2, 0) is 23.6 Å². The maximum Gasteiger partial charge on any atom is 0.250 e. The molecule has 1 N–H and O–H groups in total. The molecule has 0 saturated heterocycles. The molecule has 2 rings (SSSR count). The van der Waals surface area contributed by atoms with Gasteiger partial charge in [0.25, 0.3) is 0 Å². The summed E-state index contributed by atoms with van der Waals surface area (Å²) in [6, 6.07) is 11.2. The summed E-state index contributed by atoms with van der Waals surface area (Å²) in [5.41, 5.74) is 0.594. The summed E-state index contributed by atoms with van der Waals surface area (Å²) in [5, 5.41) is 0. The monoisotopic (exact) mass is 278 g/mol. The van der Waals surface area contributed by atoms with Crippen LogP contribution in [0.2, 0.25) is 0 Å². The molecule has 0 fully saturated rings. The van der Waals surface area contributed by atoms with Gasteiger partial charge in [0.15, 0.2) is 0 Å². The van der Waals surface area contributed by atoms with Crippen molar-refractivity contribution in [3.8, 4) is 0 Å². The number of pyridine rings is 1. The Morgan fingerprint density at radius 2 is 1.79 bits per heavy atom. The molecule has 0 spiro atoms. The lowest BCUT2D eigenvalue weighted by atomic mass is 10.3. The van der Waals surface area contributed by atoms with E-state index in [4.69, 9.17) is 0 Å². The number of hydrogen-bond donors (Lipinski definition) is 1. The molecule has 0 unspecified atom stereocenters. The van der Waals surface area contributed by atoms with Crippen LogP contribution in [0.3, 0.4) is 0 Å². The summed E-state index contributed by atoms with van der Waals surface area (Å²) in [6.07, 6.45) is 1.61. The van der Waals surface area contributed by atoms with Crippen LogP contribution in [0.15, 0.2) is 58.4 Å². The third-order valence-electron chi connectivity index (χ3n) is 2.67. The first-order valence-electron chi connectivity index (χ1n) is 5.69. The van der Waals surface area contributed by atoms with E-state index in [9.17, 15) is 13.2 Å². The van der Waals surface area contributed by atoms with E-state index in [2.05, 4.69) is 4.72 Å². The standard InChI is InChI=1S/C13H14N2O3S/c1-15-10-11(7-8-13(15)16)9-14-19(17,18)12-5-3-2-4-6-12/h2-8,10,14H,9H2,1H3.